The van der Waals surface area contributed by atoms with Gasteiger partial charge in [-0.25, -0.2) is 0 Å². The molecule has 20 heavy (non-hydrogen) atoms. The van der Waals surface area contributed by atoms with E-state index in [9.17, 15) is 0 Å². The van der Waals surface area contributed by atoms with Gasteiger partial charge in [0.05, 0.1) is 0 Å². The Labute approximate surface area is 144 Å². The summed E-state index contributed by atoms with van der Waals surface area (Å²) in [4.78, 5) is 6.49. The van der Waals surface area contributed by atoms with Crippen LogP contribution in [0.1, 0.15) is 19.4 Å². The van der Waals surface area contributed by atoms with Crippen LogP contribution in [0, 0.1) is 0 Å². The van der Waals surface area contributed by atoms with E-state index in [4.69, 9.17) is 0 Å². The highest BCUT2D eigenvalue weighted by atomic mass is 127. The number of nitrogens with zero attached hydrogens (tertiary/aromatic N) is 2. The van der Waals surface area contributed by atoms with E-state index in [1.807, 2.05) is 24.9 Å². The summed E-state index contributed by atoms with van der Waals surface area (Å²) in [5.41, 5.74) is 1.29. The molecule has 0 unspecified atom stereocenters. The third kappa shape index (κ3) is 6.83. The van der Waals surface area contributed by atoms with Gasteiger partial charge in [-0.2, -0.15) is 11.8 Å². The molecule has 1 aromatic rings. The molecule has 114 valence electrons. The topological polar surface area (TPSA) is 27.6 Å². The summed E-state index contributed by atoms with van der Waals surface area (Å²) in [5.74, 6) is 0.936. The summed E-state index contributed by atoms with van der Waals surface area (Å²) in [6.45, 7) is 6.23. The third-order valence-electron chi connectivity index (χ3n) is 3.06. The van der Waals surface area contributed by atoms with E-state index in [1.54, 1.807) is 0 Å². The summed E-state index contributed by atoms with van der Waals surface area (Å²) in [6, 6.07) is 10.4. The Morgan fingerprint density at radius 3 is 2.40 bits per heavy atom. The van der Waals surface area contributed by atoms with Gasteiger partial charge in [0, 0.05) is 31.9 Å². The Balaban J connectivity index is 0.00000361. The third-order valence-corrected chi connectivity index (χ3v) is 4.31. The Hall–Kier alpha value is -0.430. The van der Waals surface area contributed by atoms with Crippen LogP contribution in [0.5, 0.6) is 0 Å². The molecule has 0 atom stereocenters. The highest BCUT2D eigenvalue weighted by Gasteiger charge is 2.17. The minimum absolute atomic E-state index is 0. The first-order chi connectivity index (χ1) is 8.98. The number of rotatable bonds is 5. The van der Waals surface area contributed by atoms with Gasteiger partial charge in [-0.3, -0.25) is 4.99 Å². The van der Waals surface area contributed by atoms with Crippen LogP contribution in [0.4, 0.5) is 0 Å². The van der Waals surface area contributed by atoms with Gasteiger partial charge in [-0.15, -0.1) is 24.0 Å². The van der Waals surface area contributed by atoms with E-state index < -0.39 is 0 Å². The van der Waals surface area contributed by atoms with Gasteiger partial charge in [-0.05, 0) is 25.7 Å². The fraction of sp³-hybridized carbons (Fsp3) is 0.533. The zero-order chi connectivity index (χ0) is 14.3. The van der Waals surface area contributed by atoms with Crippen molar-refractivity contribution in [2.75, 3.05) is 26.9 Å². The molecule has 0 heterocycles. The zero-order valence-electron chi connectivity index (χ0n) is 13.0. The molecule has 0 spiro atoms. The molecule has 3 nitrogen and oxygen atoms in total. The number of guanidine groups is 1. The number of aliphatic imine (C=N–C) groups is 1. The number of benzene rings is 1. The normalized spacial score (nSPS) is 11.8. The van der Waals surface area contributed by atoms with Crippen molar-refractivity contribution >= 4 is 41.7 Å². The van der Waals surface area contributed by atoms with Crippen molar-refractivity contribution in [3.8, 4) is 0 Å². The van der Waals surface area contributed by atoms with E-state index in [1.165, 1.54) is 5.56 Å². The first-order valence-corrected chi connectivity index (χ1v) is 7.72. The van der Waals surface area contributed by atoms with Gasteiger partial charge < -0.3 is 10.2 Å². The molecule has 0 aliphatic heterocycles. The number of hydrogen-bond donors (Lipinski definition) is 1. The molecule has 0 fully saturated rings. The van der Waals surface area contributed by atoms with Gasteiger partial charge in [0.2, 0.25) is 0 Å². The molecule has 0 bridgehead atoms. The monoisotopic (exact) mass is 407 g/mol. The van der Waals surface area contributed by atoms with Gasteiger partial charge >= 0.3 is 0 Å². The molecule has 1 aromatic carbocycles. The molecule has 1 N–H and O–H groups in total. The maximum absolute atomic E-state index is 4.34. The molecule has 0 amide bonds. The minimum Gasteiger partial charge on any atom is -0.355 e. The summed E-state index contributed by atoms with van der Waals surface area (Å²) in [6.07, 6.45) is 2.14. The van der Waals surface area contributed by atoms with Crippen molar-refractivity contribution in [3.05, 3.63) is 35.9 Å². The zero-order valence-corrected chi connectivity index (χ0v) is 16.2. The quantitative estimate of drug-likeness (QED) is 0.460. The molecule has 0 saturated heterocycles. The fourth-order valence-corrected chi connectivity index (χ4v) is 1.90. The Morgan fingerprint density at radius 2 is 1.90 bits per heavy atom. The lowest BCUT2D eigenvalue weighted by Gasteiger charge is -2.27. The molecule has 0 aromatic heterocycles. The summed E-state index contributed by atoms with van der Waals surface area (Å²) in [5, 5.41) is 3.44. The van der Waals surface area contributed by atoms with Gasteiger partial charge in [-0.1, -0.05) is 30.3 Å². The second-order valence-corrected chi connectivity index (χ2v) is 6.72. The van der Waals surface area contributed by atoms with Crippen molar-refractivity contribution in [2.24, 2.45) is 4.99 Å². The Kier molecular flexibility index (Phi) is 9.29. The standard InChI is InChI=1S/C15H25N3S.HI/c1-15(2,19-5)12-17-14(16-3)18(4)11-13-9-7-6-8-10-13;/h6-10H,11-12H2,1-5H3,(H,16,17);1H. The molecular weight excluding hydrogens is 381 g/mol. The SMILES string of the molecule is CN=C(NCC(C)(C)SC)N(C)Cc1ccccc1.I. The molecule has 0 aliphatic carbocycles. The number of hydrogen-bond acceptors (Lipinski definition) is 2. The first kappa shape index (κ1) is 19.6. The molecule has 0 aliphatic rings. The van der Waals surface area contributed by atoms with E-state index in [-0.39, 0.29) is 28.7 Å². The van der Waals surface area contributed by atoms with Gasteiger partial charge in [0.15, 0.2) is 5.96 Å². The van der Waals surface area contributed by atoms with Crippen molar-refractivity contribution in [3.63, 3.8) is 0 Å². The minimum atomic E-state index is 0. The predicted molar refractivity (Wildman–Crippen MR) is 102 cm³/mol. The van der Waals surface area contributed by atoms with E-state index >= 15 is 0 Å². The average Bonchev–Trinajstić information content (AvgIpc) is 2.40. The molecule has 5 heteroatoms. The Morgan fingerprint density at radius 1 is 1.30 bits per heavy atom. The van der Waals surface area contributed by atoms with E-state index in [2.05, 4.69) is 66.6 Å². The summed E-state index contributed by atoms with van der Waals surface area (Å²) < 4.78 is 0.212. The molecule has 0 radical (unpaired) electrons. The lowest BCUT2D eigenvalue weighted by molar-refractivity contribution is 0.472. The van der Waals surface area contributed by atoms with Crippen LogP contribution in [0.2, 0.25) is 0 Å². The van der Waals surface area contributed by atoms with Crippen LogP contribution in [0.15, 0.2) is 35.3 Å². The lowest BCUT2D eigenvalue weighted by Crippen LogP contribution is -2.43. The van der Waals surface area contributed by atoms with Crippen LogP contribution in [-0.4, -0.2) is 42.5 Å². The van der Waals surface area contributed by atoms with Crippen molar-refractivity contribution < 1.29 is 0 Å². The average molecular weight is 407 g/mol. The van der Waals surface area contributed by atoms with Crippen molar-refractivity contribution in [1.29, 1.82) is 0 Å². The fourth-order valence-electron chi connectivity index (χ4n) is 1.68. The highest BCUT2D eigenvalue weighted by Crippen LogP contribution is 2.19. The molecular formula is C15H26IN3S. The maximum Gasteiger partial charge on any atom is 0.193 e. The second kappa shape index (κ2) is 9.50. The van der Waals surface area contributed by atoms with Crippen molar-refractivity contribution in [2.45, 2.75) is 25.1 Å². The predicted octanol–water partition coefficient (Wildman–Crippen LogP) is 3.45. The summed E-state index contributed by atoms with van der Waals surface area (Å²) >= 11 is 1.86. The van der Waals surface area contributed by atoms with Crippen LogP contribution in [0.25, 0.3) is 0 Å². The van der Waals surface area contributed by atoms with Crippen LogP contribution in [0.3, 0.4) is 0 Å². The lowest BCUT2D eigenvalue weighted by atomic mass is 10.2. The van der Waals surface area contributed by atoms with Gasteiger partial charge in [0.1, 0.15) is 0 Å². The molecule has 1 rings (SSSR count). The number of nitrogens with one attached hydrogen (secondary N) is 1. The highest BCUT2D eigenvalue weighted by molar-refractivity contribution is 14.0. The second-order valence-electron chi connectivity index (χ2n) is 5.21. The first-order valence-electron chi connectivity index (χ1n) is 6.49. The van der Waals surface area contributed by atoms with E-state index in [0.29, 0.717) is 0 Å². The smallest absolute Gasteiger partial charge is 0.193 e. The Bertz CT molecular complexity index is 407. The number of halogens is 1. The largest absolute Gasteiger partial charge is 0.355 e. The van der Waals surface area contributed by atoms with Gasteiger partial charge in [0.25, 0.3) is 0 Å². The van der Waals surface area contributed by atoms with Crippen LogP contribution in [-0.2, 0) is 6.54 Å². The summed E-state index contributed by atoms with van der Waals surface area (Å²) in [7, 11) is 3.89. The maximum atomic E-state index is 4.34. The van der Waals surface area contributed by atoms with Crippen LogP contribution >= 0.6 is 35.7 Å². The van der Waals surface area contributed by atoms with E-state index in [0.717, 1.165) is 19.0 Å². The molecule has 0 saturated carbocycles. The van der Waals surface area contributed by atoms with Crippen molar-refractivity contribution in [1.82, 2.24) is 10.2 Å². The van der Waals surface area contributed by atoms with Crippen LogP contribution < -0.4 is 5.32 Å². The number of thioether (sulfide) groups is 1.